The van der Waals surface area contributed by atoms with Crippen LogP contribution in [-0.2, 0) is 11.3 Å². The zero-order valence-electron chi connectivity index (χ0n) is 15.0. The summed E-state index contributed by atoms with van der Waals surface area (Å²) in [6.45, 7) is 2.34. The summed E-state index contributed by atoms with van der Waals surface area (Å²) in [4.78, 5) is 42.4. The van der Waals surface area contributed by atoms with Crippen LogP contribution in [0.15, 0.2) is 35.1 Å². The van der Waals surface area contributed by atoms with E-state index >= 15 is 0 Å². The molecule has 4 rings (SSSR count). The van der Waals surface area contributed by atoms with Crippen molar-refractivity contribution < 1.29 is 19.1 Å². The van der Waals surface area contributed by atoms with Crippen molar-refractivity contribution in [3.05, 3.63) is 57.8 Å². The average Bonchev–Trinajstić information content (AvgIpc) is 3.07. The third kappa shape index (κ3) is 3.13. The van der Waals surface area contributed by atoms with E-state index in [1.807, 2.05) is 0 Å². The van der Waals surface area contributed by atoms with E-state index in [2.05, 4.69) is 4.98 Å². The molecule has 2 aliphatic rings. The van der Waals surface area contributed by atoms with Crippen molar-refractivity contribution in [1.82, 2.24) is 9.55 Å². The molecule has 0 N–H and O–H groups in total. The molecule has 0 saturated heterocycles. The molecule has 7 nitrogen and oxygen atoms in total. The van der Waals surface area contributed by atoms with Crippen molar-refractivity contribution in [2.75, 3.05) is 6.61 Å². The summed E-state index contributed by atoms with van der Waals surface area (Å²) < 4.78 is 11.9. The number of carbonyl (C=O) groups is 2. The Kier molecular flexibility index (Phi) is 4.51. The molecule has 1 aromatic heterocycles. The zero-order chi connectivity index (χ0) is 19.0. The monoisotopic (exact) mass is 368 g/mol. The summed E-state index contributed by atoms with van der Waals surface area (Å²) >= 11 is 0. The minimum absolute atomic E-state index is 0.135. The van der Waals surface area contributed by atoms with Gasteiger partial charge in [0.2, 0.25) is 5.75 Å². The van der Waals surface area contributed by atoms with E-state index in [0.29, 0.717) is 18.3 Å². The summed E-state index contributed by atoms with van der Waals surface area (Å²) in [6.07, 6.45) is 2.95. The van der Waals surface area contributed by atoms with Crippen molar-refractivity contribution in [3.63, 3.8) is 0 Å². The molecule has 2 heterocycles. The van der Waals surface area contributed by atoms with E-state index in [-0.39, 0.29) is 29.5 Å². The van der Waals surface area contributed by atoms with Gasteiger partial charge in [0.15, 0.2) is 5.69 Å². The van der Waals surface area contributed by atoms with Crippen LogP contribution in [0.25, 0.3) is 0 Å². The number of esters is 2. The Labute approximate surface area is 155 Å². The zero-order valence-corrected chi connectivity index (χ0v) is 15.0. The minimum Gasteiger partial charge on any atom is -0.461 e. The fraction of sp³-hybridized carbons (Fsp3) is 0.400. The van der Waals surface area contributed by atoms with Crippen LogP contribution in [0.3, 0.4) is 0 Å². The molecule has 1 saturated carbocycles. The predicted octanol–water partition coefficient (Wildman–Crippen LogP) is 2.54. The molecule has 7 heteroatoms. The van der Waals surface area contributed by atoms with E-state index in [0.717, 1.165) is 19.3 Å². The van der Waals surface area contributed by atoms with E-state index in [4.69, 9.17) is 9.47 Å². The Balaban J connectivity index is 1.79. The lowest BCUT2D eigenvalue weighted by molar-refractivity contribution is 0.0510. The van der Waals surface area contributed by atoms with Crippen LogP contribution < -0.4 is 10.3 Å². The van der Waals surface area contributed by atoms with Gasteiger partial charge >= 0.3 is 11.9 Å². The van der Waals surface area contributed by atoms with Crippen molar-refractivity contribution in [2.24, 2.45) is 5.92 Å². The lowest BCUT2D eigenvalue weighted by Gasteiger charge is -2.24. The van der Waals surface area contributed by atoms with Gasteiger partial charge in [-0.25, -0.2) is 14.6 Å². The van der Waals surface area contributed by atoms with Gasteiger partial charge in [-0.05, 0) is 44.2 Å². The van der Waals surface area contributed by atoms with Gasteiger partial charge in [-0.1, -0.05) is 18.2 Å². The number of ether oxygens (including phenoxy) is 2. The molecule has 27 heavy (non-hydrogen) atoms. The molecule has 2 bridgehead atoms. The van der Waals surface area contributed by atoms with Gasteiger partial charge in [0.1, 0.15) is 5.82 Å². The summed E-state index contributed by atoms with van der Waals surface area (Å²) in [7, 11) is 0. The smallest absolute Gasteiger partial charge is 0.361 e. The summed E-state index contributed by atoms with van der Waals surface area (Å²) in [5, 5.41) is 0. The molecule has 1 aliphatic heterocycles. The molecule has 2 aromatic rings. The number of aromatic nitrogens is 2. The maximum atomic E-state index is 13.1. The Hall–Kier alpha value is -2.96. The molecule has 2 atom stereocenters. The highest BCUT2D eigenvalue weighted by Gasteiger charge is 2.37. The Morgan fingerprint density at radius 1 is 1.19 bits per heavy atom. The Morgan fingerprint density at radius 3 is 2.70 bits per heavy atom. The summed E-state index contributed by atoms with van der Waals surface area (Å²) in [5.41, 5.74) is -0.429. The van der Waals surface area contributed by atoms with Gasteiger partial charge in [0.05, 0.1) is 12.2 Å². The van der Waals surface area contributed by atoms with Crippen LogP contribution >= 0.6 is 0 Å². The molecule has 140 valence electrons. The molecule has 1 aliphatic carbocycles. The van der Waals surface area contributed by atoms with Gasteiger partial charge in [0.25, 0.3) is 5.56 Å². The number of fused-ring (bicyclic) bond motifs is 4. The van der Waals surface area contributed by atoms with Gasteiger partial charge in [0, 0.05) is 12.5 Å². The fourth-order valence-electron chi connectivity index (χ4n) is 3.93. The van der Waals surface area contributed by atoms with Crippen LogP contribution in [-0.4, -0.2) is 28.1 Å². The highest BCUT2D eigenvalue weighted by atomic mass is 16.6. The van der Waals surface area contributed by atoms with Crippen molar-refractivity contribution in [3.8, 4) is 5.75 Å². The molecule has 0 amide bonds. The number of carbonyl (C=O) groups excluding carboxylic acids is 2. The van der Waals surface area contributed by atoms with Gasteiger partial charge in [-0.3, -0.25) is 9.36 Å². The topological polar surface area (TPSA) is 87.5 Å². The van der Waals surface area contributed by atoms with Crippen molar-refractivity contribution >= 4 is 11.9 Å². The van der Waals surface area contributed by atoms with Crippen molar-refractivity contribution in [1.29, 1.82) is 0 Å². The number of benzene rings is 1. The van der Waals surface area contributed by atoms with Gasteiger partial charge < -0.3 is 9.47 Å². The van der Waals surface area contributed by atoms with Crippen LogP contribution in [0, 0.1) is 5.92 Å². The van der Waals surface area contributed by atoms with Gasteiger partial charge in [-0.2, -0.15) is 0 Å². The molecule has 1 fully saturated rings. The maximum Gasteiger partial charge on any atom is 0.361 e. The molecular formula is C20H20N2O5. The fourth-order valence-corrected chi connectivity index (χ4v) is 3.93. The van der Waals surface area contributed by atoms with Crippen LogP contribution in [0.2, 0.25) is 0 Å². The third-order valence-electron chi connectivity index (χ3n) is 5.18. The van der Waals surface area contributed by atoms with Crippen LogP contribution in [0.4, 0.5) is 0 Å². The van der Waals surface area contributed by atoms with E-state index < -0.39 is 17.5 Å². The molecule has 1 aromatic carbocycles. The predicted molar refractivity (Wildman–Crippen MR) is 95.9 cm³/mol. The number of hydrogen-bond acceptors (Lipinski definition) is 6. The third-order valence-corrected chi connectivity index (χ3v) is 5.18. The molecule has 0 radical (unpaired) electrons. The first-order valence-corrected chi connectivity index (χ1v) is 9.17. The second-order valence-electron chi connectivity index (χ2n) is 6.92. The largest absolute Gasteiger partial charge is 0.461 e. The number of hydrogen-bond donors (Lipinski definition) is 0. The van der Waals surface area contributed by atoms with E-state index in [1.165, 1.54) is 0 Å². The summed E-state index contributed by atoms with van der Waals surface area (Å²) in [5.74, 6) is -0.645. The SMILES string of the molecule is CCOC(=O)c1nc2n(c(=O)c1OC(=O)c1ccccc1)CC1CCC2C1. The number of nitrogens with zero attached hydrogens (tertiary/aromatic N) is 2. The average molecular weight is 368 g/mol. The van der Waals surface area contributed by atoms with Crippen LogP contribution in [0.1, 0.15) is 58.8 Å². The normalized spacial score (nSPS) is 20.0. The first-order chi connectivity index (χ1) is 13.1. The quantitative estimate of drug-likeness (QED) is 0.771. The van der Waals surface area contributed by atoms with Crippen LogP contribution in [0.5, 0.6) is 5.75 Å². The first kappa shape index (κ1) is 17.5. The summed E-state index contributed by atoms with van der Waals surface area (Å²) in [6, 6.07) is 8.31. The van der Waals surface area contributed by atoms with Crippen molar-refractivity contribution in [2.45, 2.75) is 38.6 Å². The van der Waals surface area contributed by atoms with E-state index in [9.17, 15) is 14.4 Å². The van der Waals surface area contributed by atoms with Gasteiger partial charge in [-0.15, -0.1) is 0 Å². The highest BCUT2D eigenvalue weighted by Crippen LogP contribution is 2.42. The minimum atomic E-state index is -0.756. The molecule has 0 spiro atoms. The number of rotatable bonds is 4. The highest BCUT2D eigenvalue weighted by molar-refractivity contribution is 5.94. The molecule has 2 unspecified atom stereocenters. The molecular weight excluding hydrogens is 348 g/mol. The Bertz CT molecular complexity index is 951. The standard InChI is InChI=1S/C20H20N2O5/c1-2-26-20(25)15-16(27-19(24)13-6-4-3-5-7-13)18(23)22-11-12-8-9-14(10-12)17(22)21-15/h3-7,12,14H,2,8-11H2,1H3. The lowest BCUT2D eigenvalue weighted by Crippen LogP contribution is -2.35. The first-order valence-electron chi connectivity index (χ1n) is 9.17. The maximum absolute atomic E-state index is 13.1. The Morgan fingerprint density at radius 2 is 1.96 bits per heavy atom. The second kappa shape index (κ2) is 6.98. The van der Waals surface area contributed by atoms with E-state index in [1.54, 1.807) is 41.8 Å². The lowest BCUT2D eigenvalue weighted by atomic mass is 9.99. The second-order valence-corrected chi connectivity index (χ2v) is 6.92.